The molecule has 0 unspecified atom stereocenters. The van der Waals surface area contributed by atoms with Gasteiger partial charge in [-0.25, -0.2) is 4.98 Å². The number of hydrogen-bond donors (Lipinski definition) is 0. The Kier molecular flexibility index (Phi) is 5.71. The largest absolute Gasteiger partial charge is 0.493 e. The van der Waals surface area contributed by atoms with E-state index in [1.165, 1.54) is 11.3 Å². The van der Waals surface area contributed by atoms with Crippen LogP contribution in [0.5, 0.6) is 11.5 Å². The fourth-order valence-electron chi connectivity index (χ4n) is 2.42. The summed E-state index contributed by atoms with van der Waals surface area (Å²) in [5.41, 5.74) is 3.16. The van der Waals surface area contributed by atoms with Gasteiger partial charge >= 0.3 is 0 Å². The number of thiazole rings is 1. The Hall–Kier alpha value is -2.62. The molecule has 0 spiro atoms. The summed E-state index contributed by atoms with van der Waals surface area (Å²) >= 11 is 4.94. The molecule has 26 heavy (non-hydrogen) atoms. The molecular weight excluding hydrogens is 412 g/mol. The first-order valence-electron chi connectivity index (χ1n) is 7.71. The van der Waals surface area contributed by atoms with Gasteiger partial charge in [0.15, 0.2) is 11.5 Å². The quantitative estimate of drug-likeness (QED) is 0.494. The van der Waals surface area contributed by atoms with Crippen molar-refractivity contribution in [2.75, 3.05) is 14.2 Å². The number of methoxy groups -OCH3 is 2. The van der Waals surface area contributed by atoms with E-state index in [2.05, 4.69) is 27.0 Å². The maximum absolute atomic E-state index is 9.56. The molecule has 6 heteroatoms. The molecule has 0 saturated heterocycles. The molecule has 2 aromatic carbocycles. The standard InChI is InChI=1S/C20H15BrN2O2S/c1-24-18-8-7-14(10-19(18)25-2)17-12-26-20(23-17)15(11-22)9-13-5-3-4-6-16(13)21/h3-10,12H,1-2H3/b15-9+. The van der Waals surface area contributed by atoms with Crippen LogP contribution in [0.1, 0.15) is 10.6 Å². The molecule has 0 atom stereocenters. The molecule has 0 saturated carbocycles. The summed E-state index contributed by atoms with van der Waals surface area (Å²) < 4.78 is 11.5. The van der Waals surface area contributed by atoms with Crippen LogP contribution in [0, 0.1) is 11.3 Å². The minimum atomic E-state index is 0.522. The zero-order valence-electron chi connectivity index (χ0n) is 14.2. The summed E-state index contributed by atoms with van der Waals surface area (Å²) in [6, 6.07) is 15.6. The van der Waals surface area contributed by atoms with Crippen LogP contribution >= 0.6 is 27.3 Å². The van der Waals surface area contributed by atoms with Crippen molar-refractivity contribution in [3.05, 3.63) is 62.9 Å². The van der Waals surface area contributed by atoms with E-state index in [-0.39, 0.29) is 0 Å². The van der Waals surface area contributed by atoms with Gasteiger partial charge in [0.25, 0.3) is 0 Å². The topological polar surface area (TPSA) is 55.1 Å². The van der Waals surface area contributed by atoms with Crippen LogP contribution in [0.25, 0.3) is 22.9 Å². The van der Waals surface area contributed by atoms with Crippen LogP contribution in [-0.4, -0.2) is 19.2 Å². The second kappa shape index (κ2) is 8.17. The van der Waals surface area contributed by atoms with Gasteiger partial charge in [0, 0.05) is 15.4 Å². The van der Waals surface area contributed by atoms with Gasteiger partial charge in [-0.3, -0.25) is 0 Å². The van der Waals surface area contributed by atoms with Gasteiger partial charge in [0.1, 0.15) is 11.1 Å². The van der Waals surface area contributed by atoms with Crippen LogP contribution in [0.4, 0.5) is 0 Å². The number of halogens is 1. The Morgan fingerprint density at radius 1 is 1.15 bits per heavy atom. The Morgan fingerprint density at radius 3 is 2.62 bits per heavy atom. The van der Waals surface area contributed by atoms with E-state index in [1.807, 2.05) is 53.9 Å². The molecule has 130 valence electrons. The van der Waals surface area contributed by atoms with E-state index in [0.29, 0.717) is 22.1 Å². The molecule has 0 amide bonds. The Labute approximate surface area is 164 Å². The average molecular weight is 427 g/mol. The molecule has 1 heterocycles. The van der Waals surface area contributed by atoms with E-state index < -0.39 is 0 Å². The zero-order valence-corrected chi connectivity index (χ0v) is 16.6. The maximum atomic E-state index is 9.56. The van der Waals surface area contributed by atoms with Gasteiger partial charge < -0.3 is 9.47 Å². The Balaban J connectivity index is 1.97. The normalized spacial score (nSPS) is 11.1. The van der Waals surface area contributed by atoms with Gasteiger partial charge in [-0.1, -0.05) is 34.1 Å². The lowest BCUT2D eigenvalue weighted by atomic mass is 10.1. The monoisotopic (exact) mass is 426 g/mol. The third-order valence-electron chi connectivity index (χ3n) is 3.74. The highest BCUT2D eigenvalue weighted by Gasteiger charge is 2.12. The molecule has 0 N–H and O–H groups in total. The number of aromatic nitrogens is 1. The highest BCUT2D eigenvalue weighted by Crippen LogP contribution is 2.34. The van der Waals surface area contributed by atoms with Crippen molar-refractivity contribution < 1.29 is 9.47 Å². The summed E-state index contributed by atoms with van der Waals surface area (Å²) in [5, 5.41) is 12.2. The molecule has 0 bridgehead atoms. The van der Waals surface area contributed by atoms with Crippen LogP contribution < -0.4 is 9.47 Å². The predicted octanol–water partition coefficient (Wildman–Crippen LogP) is 5.65. The van der Waals surface area contributed by atoms with Crippen LogP contribution in [0.3, 0.4) is 0 Å². The summed E-state index contributed by atoms with van der Waals surface area (Å²) in [5.74, 6) is 1.31. The van der Waals surface area contributed by atoms with Crippen LogP contribution in [-0.2, 0) is 0 Å². The highest BCUT2D eigenvalue weighted by molar-refractivity contribution is 9.10. The summed E-state index contributed by atoms with van der Waals surface area (Å²) in [6.07, 6.45) is 1.83. The predicted molar refractivity (Wildman–Crippen MR) is 108 cm³/mol. The van der Waals surface area contributed by atoms with Gasteiger partial charge in [0.05, 0.1) is 25.5 Å². The van der Waals surface area contributed by atoms with E-state index >= 15 is 0 Å². The molecule has 0 fully saturated rings. The second-order valence-electron chi connectivity index (χ2n) is 5.30. The van der Waals surface area contributed by atoms with E-state index in [4.69, 9.17) is 9.47 Å². The molecule has 0 aliphatic rings. The van der Waals surface area contributed by atoms with E-state index in [9.17, 15) is 5.26 Å². The summed E-state index contributed by atoms with van der Waals surface area (Å²) in [6.45, 7) is 0. The van der Waals surface area contributed by atoms with Crippen molar-refractivity contribution in [2.24, 2.45) is 0 Å². The molecule has 3 rings (SSSR count). The second-order valence-corrected chi connectivity index (χ2v) is 7.01. The first kappa shape index (κ1) is 18.2. The number of allylic oxidation sites excluding steroid dienone is 1. The molecular formula is C20H15BrN2O2S. The third kappa shape index (κ3) is 3.79. The molecule has 1 aromatic heterocycles. The van der Waals surface area contributed by atoms with Crippen molar-refractivity contribution in [3.8, 4) is 28.8 Å². The zero-order chi connectivity index (χ0) is 18.5. The number of rotatable bonds is 5. The summed E-state index contributed by atoms with van der Waals surface area (Å²) in [4.78, 5) is 4.62. The number of nitriles is 1. The Bertz CT molecular complexity index is 1010. The number of nitrogens with zero attached hydrogens (tertiary/aromatic N) is 2. The number of hydrogen-bond acceptors (Lipinski definition) is 5. The van der Waals surface area contributed by atoms with Crippen molar-refractivity contribution in [2.45, 2.75) is 0 Å². The minimum absolute atomic E-state index is 0.522. The molecule has 0 radical (unpaired) electrons. The fraction of sp³-hybridized carbons (Fsp3) is 0.100. The lowest BCUT2D eigenvalue weighted by Gasteiger charge is -2.08. The minimum Gasteiger partial charge on any atom is -0.493 e. The highest BCUT2D eigenvalue weighted by atomic mass is 79.9. The van der Waals surface area contributed by atoms with Crippen molar-refractivity contribution in [3.63, 3.8) is 0 Å². The average Bonchev–Trinajstić information content (AvgIpc) is 3.16. The van der Waals surface area contributed by atoms with Crippen molar-refractivity contribution in [1.82, 2.24) is 4.98 Å². The fourth-order valence-corrected chi connectivity index (χ4v) is 3.61. The van der Waals surface area contributed by atoms with Gasteiger partial charge in [0.2, 0.25) is 0 Å². The first-order valence-corrected chi connectivity index (χ1v) is 9.38. The smallest absolute Gasteiger partial charge is 0.161 e. The van der Waals surface area contributed by atoms with Gasteiger partial charge in [-0.05, 0) is 35.9 Å². The van der Waals surface area contributed by atoms with Crippen LogP contribution in [0.15, 0.2) is 52.3 Å². The molecule has 3 aromatic rings. The molecule has 0 aliphatic heterocycles. The van der Waals surface area contributed by atoms with Crippen molar-refractivity contribution in [1.29, 1.82) is 5.26 Å². The van der Waals surface area contributed by atoms with E-state index in [0.717, 1.165) is 21.3 Å². The SMILES string of the molecule is COc1ccc(-c2csc(/C(C#N)=C/c3ccccc3Br)n2)cc1OC. The molecule has 4 nitrogen and oxygen atoms in total. The maximum Gasteiger partial charge on any atom is 0.161 e. The van der Waals surface area contributed by atoms with Crippen LogP contribution in [0.2, 0.25) is 0 Å². The van der Waals surface area contributed by atoms with Gasteiger partial charge in [-0.15, -0.1) is 11.3 Å². The number of benzene rings is 2. The lowest BCUT2D eigenvalue weighted by molar-refractivity contribution is 0.355. The Morgan fingerprint density at radius 2 is 1.92 bits per heavy atom. The third-order valence-corrected chi connectivity index (χ3v) is 5.34. The number of ether oxygens (including phenoxy) is 2. The lowest BCUT2D eigenvalue weighted by Crippen LogP contribution is -1.91. The molecule has 0 aliphatic carbocycles. The van der Waals surface area contributed by atoms with Crippen molar-refractivity contribution >= 4 is 38.9 Å². The van der Waals surface area contributed by atoms with E-state index in [1.54, 1.807) is 14.2 Å². The summed E-state index contributed by atoms with van der Waals surface area (Å²) in [7, 11) is 3.20. The van der Waals surface area contributed by atoms with Gasteiger partial charge in [-0.2, -0.15) is 5.26 Å². The first-order chi connectivity index (χ1) is 12.7.